The zero-order valence-electron chi connectivity index (χ0n) is 21.0. The molecule has 3 aromatic rings. The second-order valence-corrected chi connectivity index (χ2v) is 9.35. The molecule has 198 valence electrons. The number of unbranched alkanes of at least 4 members (excludes halogenated alkanes) is 1. The first kappa shape index (κ1) is 26.9. The number of carboxylic acids is 1. The maximum atomic E-state index is 12.3. The van der Waals surface area contributed by atoms with Gasteiger partial charge in [0.05, 0.1) is 0 Å². The minimum Gasteiger partial charge on any atom is -0.480 e. The Morgan fingerprint density at radius 1 is 0.842 bits per heavy atom. The predicted molar refractivity (Wildman–Crippen MR) is 143 cm³/mol. The summed E-state index contributed by atoms with van der Waals surface area (Å²) < 4.78 is 5.50. The lowest BCUT2D eigenvalue weighted by Gasteiger charge is -2.17. The van der Waals surface area contributed by atoms with Gasteiger partial charge >= 0.3 is 12.1 Å². The van der Waals surface area contributed by atoms with Crippen molar-refractivity contribution in [2.45, 2.75) is 43.7 Å². The van der Waals surface area contributed by atoms with Crippen molar-refractivity contribution < 1.29 is 29.3 Å². The van der Waals surface area contributed by atoms with Crippen LogP contribution in [-0.4, -0.2) is 53.5 Å². The van der Waals surface area contributed by atoms with E-state index in [0.29, 0.717) is 19.4 Å². The minimum atomic E-state index is -1.34. The number of ether oxygens (including phenoxy) is 1. The second kappa shape index (κ2) is 12.9. The molecule has 8 nitrogen and oxygen atoms in total. The predicted octanol–water partition coefficient (Wildman–Crippen LogP) is 3.87. The van der Waals surface area contributed by atoms with Crippen LogP contribution in [-0.2, 0) is 20.7 Å². The molecule has 2 amide bonds. The lowest BCUT2D eigenvalue weighted by Crippen LogP contribution is -2.46. The molecule has 4 N–H and O–H groups in total. The number of carboxylic acid groups (broad SMARTS) is 1. The fraction of sp³-hybridized carbons (Fsp3) is 0.300. The number of aliphatic hydroxyl groups excluding tert-OH is 1. The van der Waals surface area contributed by atoms with Crippen molar-refractivity contribution >= 4 is 18.0 Å². The summed E-state index contributed by atoms with van der Waals surface area (Å²) in [5.41, 5.74) is 5.37. The van der Waals surface area contributed by atoms with Crippen LogP contribution in [0.5, 0.6) is 0 Å². The Bertz CT molecular complexity index is 1220. The fourth-order valence-electron chi connectivity index (χ4n) is 4.77. The molecule has 1 aliphatic rings. The first-order valence-electron chi connectivity index (χ1n) is 12.8. The molecule has 0 bridgehead atoms. The Labute approximate surface area is 221 Å². The van der Waals surface area contributed by atoms with Crippen LogP contribution in [0.25, 0.3) is 11.1 Å². The van der Waals surface area contributed by atoms with Gasteiger partial charge in [0.2, 0.25) is 5.91 Å². The number of hydrogen-bond donors (Lipinski definition) is 4. The normalized spacial score (nSPS) is 13.6. The topological polar surface area (TPSA) is 125 Å². The maximum Gasteiger partial charge on any atom is 0.407 e. The van der Waals surface area contributed by atoms with Gasteiger partial charge in [-0.05, 0) is 47.1 Å². The van der Waals surface area contributed by atoms with E-state index in [1.165, 1.54) is 0 Å². The molecule has 0 saturated carbocycles. The van der Waals surface area contributed by atoms with Crippen LogP contribution >= 0.6 is 0 Å². The Morgan fingerprint density at radius 3 is 2.08 bits per heavy atom. The number of benzene rings is 3. The Hall–Kier alpha value is -4.17. The second-order valence-electron chi connectivity index (χ2n) is 9.35. The summed E-state index contributed by atoms with van der Waals surface area (Å²) in [7, 11) is 0. The fourth-order valence-corrected chi connectivity index (χ4v) is 4.77. The average Bonchev–Trinajstić information content (AvgIpc) is 3.25. The first-order chi connectivity index (χ1) is 18.4. The van der Waals surface area contributed by atoms with Crippen LogP contribution in [0, 0.1) is 0 Å². The Morgan fingerprint density at radius 2 is 1.45 bits per heavy atom. The van der Waals surface area contributed by atoms with E-state index in [1.54, 1.807) is 24.3 Å². The molecule has 1 aliphatic carbocycles. The van der Waals surface area contributed by atoms with Crippen molar-refractivity contribution in [3.8, 4) is 11.1 Å². The number of aliphatic carboxylic acids is 1. The molecule has 4 rings (SSSR count). The molecule has 0 radical (unpaired) electrons. The number of alkyl carbamates (subject to hydrolysis) is 1. The third kappa shape index (κ3) is 6.77. The maximum absolute atomic E-state index is 12.3. The van der Waals surface area contributed by atoms with Gasteiger partial charge < -0.3 is 25.6 Å². The lowest BCUT2D eigenvalue weighted by atomic mass is 9.98. The van der Waals surface area contributed by atoms with Gasteiger partial charge in [0.15, 0.2) is 0 Å². The highest BCUT2D eigenvalue weighted by molar-refractivity contribution is 5.86. The number of carbonyl (C=O) groups excluding carboxylic acids is 2. The van der Waals surface area contributed by atoms with Crippen molar-refractivity contribution in [3.05, 3.63) is 95.6 Å². The number of nitrogens with one attached hydrogen (secondary N) is 2. The van der Waals surface area contributed by atoms with Gasteiger partial charge in [-0.1, -0.05) is 78.9 Å². The van der Waals surface area contributed by atoms with Gasteiger partial charge in [-0.3, -0.25) is 4.79 Å². The number of rotatable bonds is 12. The van der Waals surface area contributed by atoms with Crippen LogP contribution < -0.4 is 10.6 Å². The van der Waals surface area contributed by atoms with Crippen molar-refractivity contribution in [1.82, 2.24) is 10.6 Å². The summed E-state index contributed by atoms with van der Waals surface area (Å²) in [6, 6.07) is 24.1. The molecule has 0 unspecified atom stereocenters. The molecule has 0 spiro atoms. The van der Waals surface area contributed by atoms with Crippen LogP contribution in [0.1, 0.15) is 41.9 Å². The standard InChI is InChI=1S/C30H32N2O6/c33-27(18-20-10-2-1-3-11-20)28(34)32-26(29(35)36)16-8-9-17-31-30(37)38-19-25-23-14-6-4-12-21(23)22-13-5-7-15-24(22)25/h1-7,10-15,25-27,33H,8-9,16-19H2,(H,31,37)(H,32,34)(H,35,36)/t26-,27+/m0/s1. The quantitative estimate of drug-likeness (QED) is 0.271. The summed E-state index contributed by atoms with van der Waals surface area (Å²) in [5.74, 6) is -1.92. The highest BCUT2D eigenvalue weighted by Gasteiger charge is 2.29. The Balaban J connectivity index is 1.17. The SMILES string of the molecule is O=C(NCCCC[C@H](NC(=O)[C@H](O)Cc1ccccc1)C(=O)O)OCC1c2ccccc2-c2ccccc21. The van der Waals surface area contributed by atoms with E-state index in [4.69, 9.17) is 4.74 Å². The van der Waals surface area contributed by atoms with E-state index in [1.807, 2.05) is 30.3 Å². The average molecular weight is 517 g/mol. The van der Waals surface area contributed by atoms with E-state index in [0.717, 1.165) is 27.8 Å². The third-order valence-corrected chi connectivity index (χ3v) is 6.72. The molecule has 0 heterocycles. The smallest absolute Gasteiger partial charge is 0.407 e. The molecule has 0 aromatic heterocycles. The summed E-state index contributed by atoms with van der Waals surface area (Å²) >= 11 is 0. The summed E-state index contributed by atoms with van der Waals surface area (Å²) in [6.45, 7) is 0.534. The van der Waals surface area contributed by atoms with Gasteiger partial charge in [0.25, 0.3) is 0 Å². The molecular weight excluding hydrogens is 484 g/mol. The Kier molecular flexibility index (Phi) is 9.11. The minimum absolute atomic E-state index is 0.0228. The molecule has 0 aliphatic heterocycles. The van der Waals surface area contributed by atoms with Crippen LogP contribution in [0.4, 0.5) is 4.79 Å². The number of carbonyl (C=O) groups is 3. The molecule has 2 atom stereocenters. The van der Waals surface area contributed by atoms with Gasteiger partial charge in [-0.2, -0.15) is 0 Å². The van der Waals surface area contributed by atoms with Gasteiger partial charge in [0.1, 0.15) is 18.8 Å². The third-order valence-electron chi connectivity index (χ3n) is 6.72. The van der Waals surface area contributed by atoms with Crippen molar-refractivity contribution in [2.24, 2.45) is 0 Å². The van der Waals surface area contributed by atoms with E-state index in [-0.39, 0.29) is 25.4 Å². The zero-order chi connectivity index (χ0) is 26.9. The highest BCUT2D eigenvalue weighted by Crippen LogP contribution is 2.44. The number of amides is 2. The van der Waals surface area contributed by atoms with Crippen molar-refractivity contribution in [1.29, 1.82) is 0 Å². The van der Waals surface area contributed by atoms with Gasteiger partial charge in [-0.25, -0.2) is 9.59 Å². The van der Waals surface area contributed by atoms with E-state index < -0.39 is 30.1 Å². The molecular formula is C30H32N2O6. The van der Waals surface area contributed by atoms with E-state index in [9.17, 15) is 24.6 Å². The van der Waals surface area contributed by atoms with E-state index in [2.05, 4.69) is 34.9 Å². The van der Waals surface area contributed by atoms with Gasteiger partial charge in [-0.15, -0.1) is 0 Å². The molecule has 3 aromatic carbocycles. The number of fused-ring (bicyclic) bond motifs is 3. The van der Waals surface area contributed by atoms with Crippen molar-refractivity contribution in [2.75, 3.05) is 13.2 Å². The van der Waals surface area contributed by atoms with E-state index >= 15 is 0 Å². The molecule has 38 heavy (non-hydrogen) atoms. The summed E-state index contributed by atoms with van der Waals surface area (Å²) in [4.78, 5) is 36.2. The highest BCUT2D eigenvalue weighted by atomic mass is 16.5. The van der Waals surface area contributed by atoms with Crippen molar-refractivity contribution in [3.63, 3.8) is 0 Å². The van der Waals surface area contributed by atoms with Gasteiger partial charge in [0, 0.05) is 18.9 Å². The van der Waals surface area contributed by atoms with Crippen LogP contribution in [0.2, 0.25) is 0 Å². The monoisotopic (exact) mass is 516 g/mol. The number of aliphatic hydroxyl groups is 1. The van der Waals surface area contributed by atoms with Crippen LogP contribution in [0.3, 0.4) is 0 Å². The zero-order valence-corrected chi connectivity index (χ0v) is 21.0. The summed E-state index contributed by atoms with van der Waals surface area (Å²) in [5, 5.41) is 24.7. The number of hydrogen-bond acceptors (Lipinski definition) is 5. The molecule has 8 heteroatoms. The molecule has 0 saturated heterocycles. The lowest BCUT2D eigenvalue weighted by molar-refractivity contribution is -0.143. The van der Waals surface area contributed by atoms with Crippen LogP contribution in [0.15, 0.2) is 78.9 Å². The molecule has 0 fully saturated rings. The summed E-state index contributed by atoms with van der Waals surface area (Å²) in [6.07, 6.45) is -0.630. The largest absolute Gasteiger partial charge is 0.480 e. The first-order valence-corrected chi connectivity index (χ1v) is 12.8.